The summed E-state index contributed by atoms with van der Waals surface area (Å²) in [5.41, 5.74) is 0. The molecule has 0 aromatic rings. The van der Waals surface area contributed by atoms with Crippen molar-refractivity contribution in [2.24, 2.45) is 0 Å². The minimum atomic E-state index is 0. The van der Waals surface area contributed by atoms with E-state index in [0.717, 1.165) is 0 Å². The summed E-state index contributed by atoms with van der Waals surface area (Å²) in [4.78, 5) is 0. The number of rotatable bonds is 0. The summed E-state index contributed by atoms with van der Waals surface area (Å²) in [5.74, 6) is 0. The molecule has 0 aliphatic rings. The van der Waals surface area contributed by atoms with Gasteiger partial charge in [-0.1, -0.05) is 0 Å². The Morgan fingerprint density at radius 3 is 0.385 bits per heavy atom. The number of hydrogen-bond acceptors (Lipinski definition) is 0. The summed E-state index contributed by atoms with van der Waals surface area (Å²) in [6, 6.07) is 0. The van der Waals surface area contributed by atoms with E-state index < -0.39 is 0 Å². The van der Waals surface area contributed by atoms with Gasteiger partial charge in [0.25, 0.3) is 0 Å². The molecule has 0 fully saturated rings. The zero-order chi connectivity index (χ0) is 8.00. The molecule has 0 spiro atoms. The Bertz CT molecular complexity index is 67.1. The van der Waals surface area contributed by atoms with Gasteiger partial charge in [0.1, 0.15) is 0 Å². The van der Waals surface area contributed by atoms with Crippen molar-refractivity contribution in [3.8, 4) is 0 Å². The van der Waals surface area contributed by atoms with E-state index >= 15 is 0 Å². The van der Waals surface area contributed by atoms with Crippen LogP contribution in [-0.4, -0.2) is 118 Å². The Morgan fingerprint density at radius 2 is 0.385 bits per heavy atom. The third-order valence-corrected chi connectivity index (χ3v) is 0. The van der Waals surface area contributed by atoms with Crippen LogP contribution in [0.1, 0.15) is 0 Å². The smallest absolute Gasteiger partial charge is 0 e. The topological polar surface area (TPSA) is 79.6 Å². The van der Waals surface area contributed by atoms with E-state index in [2.05, 4.69) is 26.6 Å². The van der Waals surface area contributed by atoms with Crippen molar-refractivity contribution in [3.05, 3.63) is 26.6 Å². The van der Waals surface area contributed by atoms with Crippen LogP contribution in [0.4, 0.5) is 0 Å². The van der Waals surface area contributed by atoms with E-state index in [9.17, 15) is 0 Å². The maximum Gasteiger partial charge on any atom is 0 e. The average Bonchev–Trinajstić information content (AvgIpc) is 2.03. The molecule has 13 heavy (non-hydrogen) atoms. The molecular weight excluding hydrogens is 256 g/mol. The van der Waals surface area contributed by atoms with Gasteiger partial charge in [0.2, 0.25) is 0 Å². The van der Waals surface area contributed by atoms with Crippen molar-refractivity contribution in [2.45, 2.75) is 0 Å². The van der Waals surface area contributed by atoms with E-state index in [4.69, 9.17) is 18.6 Å². The van der Waals surface area contributed by atoms with Gasteiger partial charge in [0.15, 0.2) is 0 Å². The molecule has 9 heteroatoms. The molecule has 0 unspecified atom stereocenters. The summed E-state index contributed by atoms with van der Waals surface area (Å²) < 4.78 is 30.0. The standard InChI is InChI=1S/4CO.Cr.4Na/c4*1-2;;;;;. The van der Waals surface area contributed by atoms with Crippen LogP contribution in [0.3, 0.4) is 0 Å². The molecule has 0 rings (SSSR count). The molecule has 4 nitrogen and oxygen atoms in total. The molecule has 0 saturated carbocycles. The molecule has 0 atom stereocenters. The van der Waals surface area contributed by atoms with Crippen molar-refractivity contribution in [1.29, 1.82) is 0 Å². The molecular formula is C4CrNa4O4. The SMILES string of the molecule is [C-]#[O+].[C-]#[O+].[C-]#[O+].[C-]#[O+].[Cr].[Na].[Na].[Na].[Na]. The van der Waals surface area contributed by atoms with Crippen molar-refractivity contribution in [3.63, 3.8) is 0 Å². The zero-order valence-corrected chi connectivity index (χ0v) is 17.3. The first-order chi connectivity index (χ1) is 4.00. The van der Waals surface area contributed by atoms with Crippen LogP contribution in [0, 0.1) is 26.6 Å². The monoisotopic (exact) mass is 256 g/mol. The van der Waals surface area contributed by atoms with Crippen LogP contribution in [0.5, 0.6) is 0 Å². The van der Waals surface area contributed by atoms with Gasteiger partial charge in [0, 0.05) is 136 Å². The van der Waals surface area contributed by atoms with Gasteiger partial charge >= 0.3 is 45.2 Å². The number of hydrogen-bond donors (Lipinski definition) is 0. The van der Waals surface area contributed by atoms with Gasteiger partial charge in [-0.25, -0.2) is 0 Å². The van der Waals surface area contributed by atoms with Gasteiger partial charge in [-0.2, -0.15) is 0 Å². The Labute approximate surface area is 177 Å². The summed E-state index contributed by atoms with van der Waals surface area (Å²) in [6.07, 6.45) is 0. The average molecular weight is 256 g/mol. The van der Waals surface area contributed by atoms with Gasteiger partial charge in [0.05, 0.1) is 0 Å². The molecule has 0 saturated heterocycles. The van der Waals surface area contributed by atoms with Crippen LogP contribution in [0.15, 0.2) is 0 Å². The molecule has 0 aromatic heterocycles. The van der Waals surface area contributed by atoms with Crippen LogP contribution in [0.2, 0.25) is 0 Å². The molecule has 0 aliphatic heterocycles. The molecule has 0 aliphatic carbocycles. The van der Waals surface area contributed by atoms with Crippen molar-refractivity contribution in [2.75, 3.05) is 0 Å². The Kier molecular flexibility index (Phi) is 1450. The summed E-state index contributed by atoms with van der Waals surface area (Å²) in [7, 11) is 0. The van der Waals surface area contributed by atoms with Crippen LogP contribution >= 0.6 is 0 Å². The fraction of sp³-hybridized carbons (Fsp3) is 0. The fourth-order valence-electron chi connectivity index (χ4n) is 0. The zero-order valence-electron chi connectivity index (χ0n) is 8.04. The quantitative estimate of drug-likeness (QED) is 0.282. The van der Waals surface area contributed by atoms with E-state index in [-0.39, 0.29) is 136 Å². The molecule has 50 valence electrons. The predicted molar refractivity (Wildman–Crippen MR) is 38.7 cm³/mol. The van der Waals surface area contributed by atoms with Crippen molar-refractivity contribution in [1.82, 2.24) is 0 Å². The Hall–Kier alpha value is 3.49. The van der Waals surface area contributed by atoms with E-state index in [1.807, 2.05) is 0 Å². The third-order valence-electron chi connectivity index (χ3n) is 0. The second-order valence-corrected chi connectivity index (χ2v) is 0. The van der Waals surface area contributed by atoms with E-state index in [1.54, 1.807) is 0 Å². The molecule has 4 radical (unpaired) electrons. The van der Waals surface area contributed by atoms with Crippen molar-refractivity contribution >= 4 is 118 Å². The van der Waals surface area contributed by atoms with Gasteiger partial charge < -0.3 is 0 Å². The first-order valence-corrected chi connectivity index (χ1v) is 0.816. The first kappa shape index (κ1) is 70.5. The molecule has 0 amide bonds. The van der Waals surface area contributed by atoms with Crippen molar-refractivity contribution < 1.29 is 36.0 Å². The Balaban J connectivity index is -0.00000000208. The maximum absolute atomic E-state index is 7.50. The second kappa shape index (κ2) is 267. The second-order valence-electron chi connectivity index (χ2n) is 0. The normalized spacial score (nSPS) is 0.615. The summed E-state index contributed by atoms with van der Waals surface area (Å²) in [6.45, 7) is 18.0. The van der Waals surface area contributed by atoms with Crippen LogP contribution < -0.4 is 0 Å². The minimum Gasteiger partial charge on any atom is 0 e. The largest absolute Gasteiger partial charge is 0 e. The Morgan fingerprint density at radius 1 is 0.385 bits per heavy atom. The molecule has 0 bridgehead atoms. The minimum absolute atomic E-state index is 0. The first-order valence-electron chi connectivity index (χ1n) is 0.816. The fourth-order valence-corrected chi connectivity index (χ4v) is 0. The summed E-state index contributed by atoms with van der Waals surface area (Å²) in [5, 5.41) is 0. The van der Waals surface area contributed by atoms with Gasteiger partial charge in [-0.3, -0.25) is 0 Å². The molecule has 0 heterocycles. The van der Waals surface area contributed by atoms with Gasteiger partial charge in [-0.15, -0.1) is 0 Å². The summed E-state index contributed by atoms with van der Waals surface area (Å²) >= 11 is 0. The predicted octanol–water partition coefficient (Wildman–Crippen LogP) is -1.68. The molecule has 0 aromatic carbocycles. The van der Waals surface area contributed by atoms with E-state index in [0.29, 0.717) is 0 Å². The molecule has 0 N–H and O–H groups in total. The van der Waals surface area contributed by atoms with Crippen LogP contribution in [0.25, 0.3) is 0 Å². The van der Waals surface area contributed by atoms with Gasteiger partial charge in [-0.05, 0) is 0 Å². The third kappa shape index (κ3) is 231. The van der Waals surface area contributed by atoms with Crippen LogP contribution in [-0.2, 0) is 36.0 Å². The van der Waals surface area contributed by atoms with E-state index in [1.165, 1.54) is 0 Å². The maximum atomic E-state index is 7.50.